The van der Waals surface area contributed by atoms with E-state index in [9.17, 15) is 65.4 Å². The molecule has 0 heterocycles. The minimum atomic E-state index is -1.80. The molecule has 3 atom stereocenters. The molecule has 0 amide bonds. The minimum absolute atomic E-state index is 0.00872. The zero-order valence-corrected chi connectivity index (χ0v) is 43.7. The van der Waals surface area contributed by atoms with Gasteiger partial charge in [0.1, 0.15) is 16.7 Å². The molecule has 6 rings (SSSR count). The van der Waals surface area contributed by atoms with Gasteiger partial charge in [0.25, 0.3) is 22.7 Å². The number of carbonyl (C=O) groups excluding carboxylic acids is 3. The highest BCUT2D eigenvalue weighted by Crippen LogP contribution is 2.45. The number of nitrogens with zero attached hydrogens (tertiary/aromatic N) is 6. The van der Waals surface area contributed by atoms with E-state index in [0.717, 1.165) is 25.3 Å². The fourth-order valence-electron chi connectivity index (χ4n) is 7.37. The SMILES string of the molecule is COC(=O)C(C)(c1cc([N+](=O)[O-])ccc1Cl)c1cc(Cl)ccc1[N+](=O)[O-].COC(=O)c1ccc(Cl)c(C(C#N)c2cc(Cl)ccc2[N+](=O)[O-])c1.COC(=O)c1ccc(Cl)c(C(C)(C#N)c2cc(Cl)ccc2[N+](=O)[O-])c1. The van der Waals surface area contributed by atoms with Crippen molar-refractivity contribution in [3.63, 3.8) is 0 Å². The highest BCUT2D eigenvalue weighted by Gasteiger charge is 2.45. The molecule has 0 N–H and O–H groups in total. The van der Waals surface area contributed by atoms with Crippen molar-refractivity contribution in [1.29, 1.82) is 10.5 Å². The summed E-state index contributed by atoms with van der Waals surface area (Å²) < 4.78 is 14.1. The van der Waals surface area contributed by atoms with E-state index in [4.69, 9.17) is 74.3 Å². The highest BCUT2D eigenvalue weighted by molar-refractivity contribution is 6.33. The number of ether oxygens (including phenoxy) is 3. The van der Waals surface area contributed by atoms with E-state index < -0.39 is 60.0 Å². The molecule has 0 aliphatic carbocycles. The molecular weight excluding hydrogens is 1110 g/mol. The lowest BCUT2D eigenvalue weighted by molar-refractivity contribution is -0.386. The van der Waals surface area contributed by atoms with Crippen LogP contribution in [0.1, 0.15) is 73.9 Å². The third-order valence-electron chi connectivity index (χ3n) is 11.2. The van der Waals surface area contributed by atoms with Crippen molar-refractivity contribution in [3.05, 3.63) is 224 Å². The van der Waals surface area contributed by atoms with Gasteiger partial charge in [0.2, 0.25) is 0 Å². The average molecular weight is 1140 g/mol. The molecule has 0 saturated heterocycles. The van der Waals surface area contributed by atoms with E-state index in [2.05, 4.69) is 15.5 Å². The number of carbonyl (C=O) groups is 3. The molecule has 0 fully saturated rings. The Hall–Kier alpha value is -7.95. The molecule has 386 valence electrons. The first-order chi connectivity index (χ1) is 35.2. The van der Waals surface area contributed by atoms with Crippen LogP contribution in [0.3, 0.4) is 0 Å². The quantitative estimate of drug-likeness (QED) is 0.0449. The Labute approximate surface area is 455 Å². The maximum absolute atomic E-state index is 12.6. The summed E-state index contributed by atoms with van der Waals surface area (Å²) in [5, 5.41) is 65.6. The summed E-state index contributed by atoms with van der Waals surface area (Å²) >= 11 is 36.4. The van der Waals surface area contributed by atoms with Gasteiger partial charge in [0.15, 0.2) is 0 Å². The first-order valence-electron chi connectivity index (χ1n) is 20.7. The number of hydrogen-bond donors (Lipinski definition) is 0. The van der Waals surface area contributed by atoms with Crippen molar-refractivity contribution in [3.8, 4) is 12.1 Å². The van der Waals surface area contributed by atoms with Crippen molar-refractivity contribution in [2.24, 2.45) is 0 Å². The third kappa shape index (κ3) is 13.2. The molecule has 0 aromatic heterocycles. The van der Waals surface area contributed by atoms with Crippen molar-refractivity contribution in [2.45, 2.75) is 30.6 Å². The average Bonchev–Trinajstić information content (AvgIpc) is 3.38. The van der Waals surface area contributed by atoms with Gasteiger partial charge in [-0.15, -0.1) is 0 Å². The van der Waals surface area contributed by atoms with Crippen LogP contribution < -0.4 is 0 Å². The number of esters is 3. The van der Waals surface area contributed by atoms with Gasteiger partial charge in [-0.05, 0) is 109 Å². The Balaban J connectivity index is 0.000000244. The van der Waals surface area contributed by atoms with Crippen LogP contribution in [0.15, 0.2) is 109 Å². The zero-order chi connectivity index (χ0) is 56.3. The molecule has 6 aromatic rings. The molecule has 75 heavy (non-hydrogen) atoms. The molecule has 20 nitrogen and oxygen atoms in total. The maximum Gasteiger partial charge on any atom is 0.337 e. The summed E-state index contributed by atoms with van der Waals surface area (Å²) in [6, 6.07) is 27.6. The number of methoxy groups -OCH3 is 3. The van der Waals surface area contributed by atoms with Gasteiger partial charge >= 0.3 is 17.9 Å². The third-order valence-corrected chi connectivity index (χ3v) is 12.9. The Morgan fingerprint density at radius 1 is 0.507 bits per heavy atom. The van der Waals surface area contributed by atoms with E-state index in [1.165, 1.54) is 119 Å². The molecule has 0 bridgehead atoms. The van der Waals surface area contributed by atoms with E-state index in [0.29, 0.717) is 0 Å². The predicted octanol–water partition coefficient (Wildman–Crippen LogP) is 13.2. The van der Waals surface area contributed by atoms with Gasteiger partial charge in [-0.3, -0.25) is 45.3 Å². The number of benzene rings is 6. The fraction of sp³-hybridized carbons (Fsp3) is 0.163. The number of hydrogen-bond acceptors (Lipinski definition) is 16. The largest absolute Gasteiger partial charge is 0.468 e. The first-order valence-corrected chi connectivity index (χ1v) is 22.9. The highest BCUT2D eigenvalue weighted by atomic mass is 35.5. The van der Waals surface area contributed by atoms with E-state index in [-0.39, 0.29) is 91.7 Å². The summed E-state index contributed by atoms with van der Waals surface area (Å²) in [4.78, 5) is 78.7. The van der Waals surface area contributed by atoms with Crippen molar-refractivity contribution < 1.29 is 48.3 Å². The molecule has 26 heteroatoms. The lowest BCUT2D eigenvalue weighted by Crippen LogP contribution is -2.36. The number of rotatable bonds is 13. The molecule has 0 spiro atoms. The molecule has 0 radical (unpaired) electrons. The number of non-ortho nitro benzene ring substituents is 1. The Morgan fingerprint density at radius 2 is 0.960 bits per heavy atom. The topological polar surface area (TPSA) is 299 Å². The maximum atomic E-state index is 12.6. The lowest BCUT2D eigenvalue weighted by atomic mass is 9.75. The van der Waals surface area contributed by atoms with Crippen LogP contribution in [0, 0.1) is 63.1 Å². The van der Waals surface area contributed by atoms with Crippen LogP contribution in [-0.2, 0) is 29.8 Å². The van der Waals surface area contributed by atoms with E-state index in [1.54, 1.807) is 0 Å². The summed E-state index contributed by atoms with van der Waals surface area (Å²) in [5.41, 5.74) is -3.63. The van der Waals surface area contributed by atoms with Gasteiger partial charge in [0.05, 0.1) is 81.0 Å². The Bertz CT molecular complexity index is 3390. The van der Waals surface area contributed by atoms with Crippen LogP contribution in [0.25, 0.3) is 0 Å². The second-order valence-corrected chi connectivity index (χ2v) is 18.1. The fourth-order valence-corrected chi connectivity index (χ4v) is 8.74. The van der Waals surface area contributed by atoms with Gasteiger partial charge in [0, 0.05) is 60.5 Å². The van der Waals surface area contributed by atoms with Gasteiger partial charge in [-0.1, -0.05) is 69.6 Å². The van der Waals surface area contributed by atoms with Crippen LogP contribution in [0.2, 0.25) is 30.1 Å². The van der Waals surface area contributed by atoms with Gasteiger partial charge in [-0.25, -0.2) is 9.59 Å². The summed E-state index contributed by atoms with van der Waals surface area (Å²) in [7, 11) is 3.55. The number of halogens is 6. The van der Waals surface area contributed by atoms with Crippen molar-refractivity contribution >= 4 is 110 Å². The Morgan fingerprint density at radius 3 is 1.44 bits per heavy atom. The first kappa shape index (κ1) is 59.6. The molecule has 6 aromatic carbocycles. The lowest BCUT2D eigenvalue weighted by Gasteiger charge is -2.28. The number of nitro benzene ring substituents is 4. The van der Waals surface area contributed by atoms with Gasteiger partial charge in [-0.2, -0.15) is 10.5 Å². The van der Waals surface area contributed by atoms with Crippen LogP contribution in [0.4, 0.5) is 22.7 Å². The van der Waals surface area contributed by atoms with Gasteiger partial charge < -0.3 is 14.2 Å². The van der Waals surface area contributed by atoms with Crippen LogP contribution in [-0.4, -0.2) is 58.9 Å². The molecule has 3 unspecified atom stereocenters. The second-order valence-electron chi connectivity index (χ2n) is 15.5. The molecule has 0 aliphatic heterocycles. The monoisotopic (exact) mass is 1140 g/mol. The Kier molecular flexibility index (Phi) is 20.1. The molecule has 0 aliphatic rings. The summed E-state index contributed by atoms with van der Waals surface area (Å²) in [6.45, 7) is 2.82. The molecule has 0 saturated carbocycles. The predicted molar refractivity (Wildman–Crippen MR) is 276 cm³/mol. The zero-order valence-electron chi connectivity index (χ0n) is 39.1. The molecular formula is C49H34Cl6N6O14. The smallest absolute Gasteiger partial charge is 0.337 e. The second kappa shape index (κ2) is 25.3. The minimum Gasteiger partial charge on any atom is -0.468 e. The number of nitro groups is 4. The standard InChI is InChI=1S/C17H12Cl2N2O4.C16H12Cl2N2O6.C16H10Cl2N2O4/c1-17(9-20,13-8-11(18)4-6-15(13)21(23)24)12-7-10(16(22)25-2)3-5-14(12)19;1-16(15(21)26-2,11-8-10(19(22)23)4-5-13(11)18)12-7-9(17)3-6-14(12)20(24)25;1-24-16(21)9-2-4-14(18)11(6-9)13(8-19)12-7-10(17)3-5-15(12)20(22)23/h3-8H,1-2H3;3-8H,1-2H3;2-7,13H,1H3. The summed E-state index contributed by atoms with van der Waals surface area (Å²) in [5.74, 6) is -3.17. The van der Waals surface area contributed by atoms with Crippen LogP contribution >= 0.6 is 69.6 Å². The summed E-state index contributed by atoms with van der Waals surface area (Å²) in [6.07, 6.45) is 0. The number of nitriles is 2. The normalized spacial score (nSPS) is 12.4. The van der Waals surface area contributed by atoms with Crippen molar-refractivity contribution in [1.82, 2.24) is 0 Å². The van der Waals surface area contributed by atoms with Crippen LogP contribution in [0.5, 0.6) is 0 Å². The van der Waals surface area contributed by atoms with Crippen molar-refractivity contribution in [2.75, 3.05) is 21.3 Å². The van der Waals surface area contributed by atoms with E-state index in [1.807, 2.05) is 6.07 Å². The van der Waals surface area contributed by atoms with E-state index >= 15 is 0 Å².